The molecule has 24 heavy (non-hydrogen) atoms. The average Bonchev–Trinajstić information content (AvgIpc) is 3.07. The number of ether oxygens (including phenoxy) is 1. The molecule has 1 N–H and O–H groups in total. The Labute approximate surface area is 142 Å². The normalized spacial score (nSPS) is 10.2. The van der Waals surface area contributed by atoms with Gasteiger partial charge in [0.25, 0.3) is 5.56 Å². The number of carbonyl (C=O) groups is 2. The summed E-state index contributed by atoms with van der Waals surface area (Å²) in [5.41, 5.74) is 1.56. The van der Waals surface area contributed by atoms with E-state index in [1.807, 2.05) is 6.07 Å². The monoisotopic (exact) mass is 344 g/mol. The number of H-pyrrole nitrogens is 1. The van der Waals surface area contributed by atoms with Crippen LogP contribution in [0.25, 0.3) is 0 Å². The SMILES string of the molecule is Cc1[nH]c(=O)c(C#N)c(C)c1CCC(=O)OCC(=O)c1cccs1. The van der Waals surface area contributed by atoms with Gasteiger partial charge in [0.2, 0.25) is 5.78 Å². The summed E-state index contributed by atoms with van der Waals surface area (Å²) in [6.45, 7) is 3.12. The minimum Gasteiger partial charge on any atom is -0.457 e. The molecule has 0 unspecified atom stereocenters. The molecule has 0 aliphatic heterocycles. The minimum atomic E-state index is -0.497. The number of hydrogen-bond donors (Lipinski definition) is 1. The van der Waals surface area contributed by atoms with Crippen molar-refractivity contribution in [2.75, 3.05) is 6.61 Å². The lowest BCUT2D eigenvalue weighted by molar-refractivity contribution is -0.142. The van der Waals surface area contributed by atoms with Gasteiger partial charge in [-0.1, -0.05) is 6.07 Å². The van der Waals surface area contributed by atoms with Gasteiger partial charge in [-0.15, -0.1) is 11.3 Å². The smallest absolute Gasteiger partial charge is 0.306 e. The number of nitrogens with zero attached hydrogens (tertiary/aromatic N) is 1. The molecular weight excluding hydrogens is 328 g/mol. The van der Waals surface area contributed by atoms with E-state index in [0.29, 0.717) is 22.6 Å². The highest BCUT2D eigenvalue weighted by Crippen LogP contribution is 2.15. The number of nitrogens with one attached hydrogen (secondary N) is 1. The molecule has 0 spiro atoms. The zero-order valence-corrected chi connectivity index (χ0v) is 14.2. The molecule has 2 aromatic rings. The first-order valence-electron chi connectivity index (χ1n) is 7.28. The van der Waals surface area contributed by atoms with E-state index in [4.69, 9.17) is 10.00 Å². The van der Waals surface area contributed by atoms with Crippen molar-refractivity contribution < 1.29 is 14.3 Å². The summed E-state index contributed by atoms with van der Waals surface area (Å²) >= 11 is 1.30. The van der Waals surface area contributed by atoms with Crippen LogP contribution in [0.3, 0.4) is 0 Å². The van der Waals surface area contributed by atoms with E-state index in [-0.39, 0.29) is 24.4 Å². The second-order valence-corrected chi connectivity index (χ2v) is 6.18. The minimum absolute atomic E-state index is 0.0526. The molecule has 0 saturated carbocycles. The molecule has 2 heterocycles. The van der Waals surface area contributed by atoms with E-state index in [2.05, 4.69) is 4.98 Å². The molecule has 2 aromatic heterocycles. The number of nitriles is 1. The summed E-state index contributed by atoms with van der Waals surface area (Å²) < 4.78 is 4.99. The zero-order valence-electron chi connectivity index (χ0n) is 13.3. The second kappa shape index (κ2) is 7.70. The number of rotatable bonds is 6. The Balaban J connectivity index is 1.96. The highest BCUT2D eigenvalue weighted by Gasteiger charge is 2.15. The van der Waals surface area contributed by atoms with Crippen LogP contribution in [0.5, 0.6) is 0 Å². The standard InChI is InChI=1S/C17H16N2O4S/c1-10-12(11(2)19-17(22)13(10)8-18)5-6-16(21)23-9-14(20)15-4-3-7-24-15/h3-4,7H,5-6,9H2,1-2H3,(H,19,22). The van der Waals surface area contributed by atoms with E-state index in [1.165, 1.54) is 11.3 Å². The number of aromatic nitrogens is 1. The average molecular weight is 344 g/mol. The Bertz CT molecular complexity index is 860. The van der Waals surface area contributed by atoms with Gasteiger partial charge in [0.1, 0.15) is 11.6 Å². The molecule has 0 radical (unpaired) electrons. The third-order valence-electron chi connectivity index (χ3n) is 3.66. The summed E-state index contributed by atoms with van der Waals surface area (Å²) in [6.07, 6.45) is 0.394. The molecule has 2 rings (SSSR count). The van der Waals surface area contributed by atoms with Crippen molar-refractivity contribution in [1.82, 2.24) is 4.98 Å². The molecule has 124 valence electrons. The Morgan fingerprint density at radius 1 is 1.38 bits per heavy atom. The van der Waals surface area contributed by atoms with Crippen molar-refractivity contribution in [1.29, 1.82) is 5.26 Å². The summed E-state index contributed by atoms with van der Waals surface area (Å²) in [5, 5.41) is 10.8. The number of aryl methyl sites for hydroxylation is 1. The molecular formula is C17H16N2O4S. The van der Waals surface area contributed by atoms with Crippen molar-refractivity contribution in [3.8, 4) is 6.07 Å². The van der Waals surface area contributed by atoms with Crippen molar-refractivity contribution in [2.45, 2.75) is 26.7 Å². The van der Waals surface area contributed by atoms with E-state index >= 15 is 0 Å². The molecule has 0 fully saturated rings. The maximum absolute atomic E-state index is 11.8. The lowest BCUT2D eigenvalue weighted by Gasteiger charge is -2.10. The van der Waals surface area contributed by atoms with E-state index in [0.717, 1.165) is 5.56 Å². The van der Waals surface area contributed by atoms with Crippen LogP contribution >= 0.6 is 11.3 Å². The van der Waals surface area contributed by atoms with Crippen molar-refractivity contribution in [3.05, 3.63) is 55.1 Å². The first-order chi connectivity index (χ1) is 11.4. The number of ketones is 1. The topological polar surface area (TPSA) is 100 Å². The maximum Gasteiger partial charge on any atom is 0.306 e. The quantitative estimate of drug-likeness (QED) is 0.640. The Morgan fingerprint density at radius 2 is 2.12 bits per heavy atom. The first-order valence-corrected chi connectivity index (χ1v) is 8.16. The van der Waals surface area contributed by atoms with Crippen LogP contribution in [0.15, 0.2) is 22.3 Å². The van der Waals surface area contributed by atoms with Gasteiger partial charge in [0, 0.05) is 12.1 Å². The molecule has 7 heteroatoms. The van der Waals surface area contributed by atoms with Crippen LogP contribution in [-0.2, 0) is 16.0 Å². The zero-order chi connectivity index (χ0) is 17.7. The fourth-order valence-electron chi connectivity index (χ4n) is 2.37. The number of hydrogen-bond acceptors (Lipinski definition) is 6. The number of thiophene rings is 1. The van der Waals surface area contributed by atoms with Crippen LogP contribution in [0.2, 0.25) is 0 Å². The van der Waals surface area contributed by atoms with Gasteiger partial charge in [0.05, 0.1) is 4.88 Å². The van der Waals surface area contributed by atoms with Crippen LogP contribution < -0.4 is 5.56 Å². The Hall–Kier alpha value is -2.72. The summed E-state index contributed by atoms with van der Waals surface area (Å²) in [6, 6.07) is 5.31. The number of carbonyl (C=O) groups excluding carboxylic acids is 2. The van der Waals surface area contributed by atoms with Crippen molar-refractivity contribution >= 4 is 23.1 Å². The molecule has 0 atom stereocenters. The number of aromatic amines is 1. The predicted molar refractivity (Wildman–Crippen MR) is 89.2 cm³/mol. The summed E-state index contributed by atoms with van der Waals surface area (Å²) in [7, 11) is 0. The van der Waals surface area contributed by atoms with Gasteiger partial charge in [-0.25, -0.2) is 0 Å². The number of pyridine rings is 1. The molecule has 6 nitrogen and oxygen atoms in total. The van der Waals surface area contributed by atoms with E-state index in [9.17, 15) is 14.4 Å². The Kier molecular flexibility index (Phi) is 5.66. The molecule has 0 aromatic carbocycles. The summed E-state index contributed by atoms with van der Waals surface area (Å²) in [5.74, 6) is -0.732. The van der Waals surface area contributed by atoms with Gasteiger partial charge in [-0.05, 0) is 42.8 Å². The van der Waals surface area contributed by atoms with Crippen molar-refractivity contribution in [3.63, 3.8) is 0 Å². The highest BCUT2D eigenvalue weighted by molar-refractivity contribution is 7.12. The van der Waals surface area contributed by atoms with Gasteiger partial charge in [-0.2, -0.15) is 5.26 Å². The van der Waals surface area contributed by atoms with Crippen LogP contribution in [0.4, 0.5) is 0 Å². The van der Waals surface area contributed by atoms with Crippen molar-refractivity contribution in [2.24, 2.45) is 0 Å². The molecule has 0 bridgehead atoms. The van der Waals surface area contributed by atoms with Gasteiger partial charge >= 0.3 is 5.97 Å². The summed E-state index contributed by atoms with van der Waals surface area (Å²) in [4.78, 5) is 38.4. The van der Waals surface area contributed by atoms with E-state index in [1.54, 1.807) is 31.4 Å². The third kappa shape index (κ3) is 3.97. The molecule has 0 amide bonds. The molecule has 0 aliphatic carbocycles. The van der Waals surface area contributed by atoms with Gasteiger partial charge in [-0.3, -0.25) is 14.4 Å². The van der Waals surface area contributed by atoms with Crippen LogP contribution in [-0.4, -0.2) is 23.3 Å². The second-order valence-electron chi connectivity index (χ2n) is 5.23. The largest absolute Gasteiger partial charge is 0.457 e. The van der Waals surface area contributed by atoms with Gasteiger partial charge in [0.15, 0.2) is 6.61 Å². The highest BCUT2D eigenvalue weighted by atomic mass is 32.1. The fourth-order valence-corrected chi connectivity index (χ4v) is 3.03. The lowest BCUT2D eigenvalue weighted by atomic mass is 9.99. The van der Waals surface area contributed by atoms with Crippen LogP contribution in [0, 0.1) is 25.2 Å². The molecule has 0 saturated heterocycles. The first kappa shape index (κ1) is 17.6. The lowest BCUT2D eigenvalue weighted by Crippen LogP contribution is -2.18. The maximum atomic E-state index is 11.8. The predicted octanol–water partition coefficient (Wildman–Crippen LogP) is 2.28. The molecule has 0 aliphatic rings. The number of Topliss-reactive ketones (excluding diaryl/α,β-unsaturated/α-hetero) is 1. The number of esters is 1. The third-order valence-corrected chi connectivity index (χ3v) is 4.57. The Morgan fingerprint density at radius 3 is 2.75 bits per heavy atom. The van der Waals surface area contributed by atoms with E-state index < -0.39 is 11.5 Å². The fraction of sp³-hybridized carbons (Fsp3) is 0.294. The van der Waals surface area contributed by atoms with Crippen LogP contribution in [0.1, 0.15) is 38.5 Å². The van der Waals surface area contributed by atoms with Gasteiger partial charge < -0.3 is 9.72 Å².